The van der Waals surface area contributed by atoms with Crippen molar-refractivity contribution in [2.24, 2.45) is 0 Å². The molecule has 0 aromatic carbocycles. The highest BCUT2D eigenvalue weighted by atomic mass is 35.5. The van der Waals surface area contributed by atoms with E-state index in [0.29, 0.717) is 0 Å². The van der Waals surface area contributed by atoms with Gasteiger partial charge in [0.2, 0.25) is 0 Å². The van der Waals surface area contributed by atoms with Crippen LogP contribution >= 0.6 is 11.6 Å². The second kappa shape index (κ2) is 4.30. The van der Waals surface area contributed by atoms with Crippen LogP contribution in [0.3, 0.4) is 0 Å². The summed E-state index contributed by atoms with van der Waals surface area (Å²) in [4.78, 5) is 10.3. The molecule has 3 nitrogen and oxygen atoms in total. The number of halogens is 1. The van der Waals surface area contributed by atoms with Crippen LogP contribution in [0.1, 0.15) is 6.92 Å². The number of carbonyl (C=O) groups is 1. The van der Waals surface area contributed by atoms with Crippen molar-refractivity contribution >= 4 is 17.6 Å². The summed E-state index contributed by atoms with van der Waals surface area (Å²) < 4.78 is 4.60. The number of aliphatic carboxylic acids is 1. The first-order chi connectivity index (χ1) is 4.59. The van der Waals surface area contributed by atoms with Gasteiger partial charge in [-0.05, 0) is 6.92 Å². The average Bonchev–Trinajstić information content (AvgIpc) is 1.81. The maximum Gasteiger partial charge on any atom is 0.335 e. The Morgan fingerprint density at radius 3 is 2.30 bits per heavy atom. The van der Waals surface area contributed by atoms with E-state index < -0.39 is 5.97 Å². The smallest absolute Gasteiger partial charge is 0.335 e. The zero-order valence-electron chi connectivity index (χ0n) is 5.85. The van der Waals surface area contributed by atoms with Crippen molar-refractivity contribution < 1.29 is 14.6 Å². The third-order valence-corrected chi connectivity index (χ3v) is 1.19. The van der Waals surface area contributed by atoms with Crippen LogP contribution in [0.25, 0.3) is 0 Å². The normalized spacial score (nSPS) is 12.7. The summed E-state index contributed by atoms with van der Waals surface area (Å²) in [6, 6.07) is 0. The molecule has 4 heteroatoms. The highest BCUT2D eigenvalue weighted by molar-refractivity contribution is 6.31. The van der Waals surface area contributed by atoms with Crippen molar-refractivity contribution in [3.8, 4) is 0 Å². The van der Waals surface area contributed by atoms with E-state index in [-0.39, 0.29) is 17.2 Å². The van der Waals surface area contributed by atoms with Crippen molar-refractivity contribution in [2.45, 2.75) is 6.92 Å². The summed E-state index contributed by atoms with van der Waals surface area (Å²) in [7, 11) is 1.42. The topological polar surface area (TPSA) is 46.5 Å². The highest BCUT2D eigenvalue weighted by Gasteiger charge is 2.08. The van der Waals surface area contributed by atoms with E-state index in [2.05, 4.69) is 4.74 Å². The third kappa shape index (κ3) is 2.85. The Morgan fingerprint density at radius 1 is 1.70 bits per heavy atom. The molecule has 0 saturated carbocycles. The molecule has 0 rings (SSSR count). The fraction of sp³-hybridized carbons (Fsp3) is 0.500. The quantitative estimate of drug-likeness (QED) is 0.639. The lowest BCUT2D eigenvalue weighted by molar-refractivity contribution is -0.133. The molecule has 0 fully saturated rings. The van der Waals surface area contributed by atoms with Gasteiger partial charge in [-0.25, -0.2) is 4.79 Å². The van der Waals surface area contributed by atoms with Crippen LogP contribution in [0, 0.1) is 0 Å². The maximum absolute atomic E-state index is 10.3. The minimum Gasteiger partial charge on any atom is -0.478 e. The van der Waals surface area contributed by atoms with Gasteiger partial charge in [-0.2, -0.15) is 0 Å². The van der Waals surface area contributed by atoms with Crippen molar-refractivity contribution in [2.75, 3.05) is 13.7 Å². The maximum atomic E-state index is 10.3. The SMILES string of the molecule is COCC(C(=O)O)=C(C)Cl. The molecule has 0 spiro atoms. The van der Waals surface area contributed by atoms with Crippen molar-refractivity contribution in [3.05, 3.63) is 10.6 Å². The number of ether oxygens (including phenoxy) is 1. The highest BCUT2D eigenvalue weighted by Crippen LogP contribution is 2.08. The molecular weight excluding hydrogens is 156 g/mol. The van der Waals surface area contributed by atoms with Crippen molar-refractivity contribution in [1.82, 2.24) is 0 Å². The Balaban J connectivity index is 4.28. The first-order valence-corrected chi connectivity index (χ1v) is 3.05. The van der Waals surface area contributed by atoms with Crippen LogP contribution in [0.5, 0.6) is 0 Å². The van der Waals surface area contributed by atoms with Crippen LogP contribution in [-0.2, 0) is 9.53 Å². The Morgan fingerprint density at radius 2 is 2.20 bits per heavy atom. The van der Waals surface area contributed by atoms with Gasteiger partial charge >= 0.3 is 5.97 Å². The Hall–Kier alpha value is -0.540. The molecule has 0 radical (unpaired) electrons. The summed E-state index contributed by atoms with van der Waals surface area (Å²) in [5.41, 5.74) is 0.101. The van der Waals surface area contributed by atoms with Crippen molar-refractivity contribution in [1.29, 1.82) is 0 Å². The summed E-state index contributed by atoms with van der Waals surface area (Å²) in [6.07, 6.45) is 0. The first-order valence-electron chi connectivity index (χ1n) is 2.67. The molecule has 58 valence electrons. The minimum atomic E-state index is -1.03. The molecule has 0 aliphatic rings. The fourth-order valence-corrected chi connectivity index (χ4v) is 0.588. The van der Waals surface area contributed by atoms with E-state index in [1.165, 1.54) is 14.0 Å². The Labute approximate surface area is 64.2 Å². The molecule has 0 bridgehead atoms. The van der Waals surface area contributed by atoms with Crippen LogP contribution in [0.15, 0.2) is 10.6 Å². The zero-order chi connectivity index (χ0) is 8.15. The van der Waals surface area contributed by atoms with Crippen LogP contribution in [0.4, 0.5) is 0 Å². The zero-order valence-corrected chi connectivity index (χ0v) is 6.60. The number of hydrogen-bond donors (Lipinski definition) is 1. The number of carboxylic acid groups (broad SMARTS) is 1. The predicted molar refractivity (Wildman–Crippen MR) is 38.1 cm³/mol. The summed E-state index contributed by atoms with van der Waals surface area (Å²) in [6.45, 7) is 1.56. The molecule has 0 saturated heterocycles. The first kappa shape index (κ1) is 9.46. The molecule has 0 aromatic rings. The van der Waals surface area contributed by atoms with Gasteiger partial charge in [0, 0.05) is 12.1 Å². The lowest BCUT2D eigenvalue weighted by atomic mass is 10.3. The molecular formula is C6H9ClO3. The number of hydrogen-bond acceptors (Lipinski definition) is 2. The molecule has 0 amide bonds. The minimum absolute atomic E-state index is 0.0463. The van der Waals surface area contributed by atoms with Crippen LogP contribution in [-0.4, -0.2) is 24.8 Å². The Bertz CT molecular complexity index is 158. The standard InChI is InChI=1S/C6H9ClO3/c1-4(7)5(3-10-2)6(8)9/h3H2,1-2H3,(H,8,9). The molecule has 0 aliphatic carbocycles. The molecule has 0 heterocycles. The van der Waals surface area contributed by atoms with Gasteiger partial charge in [0.1, 0.15) is 0 Å². The van der Waals surface area contributed by atoms with Crippen LogP contribution < -0.4 is 0 Å². The summed E-state index contributed by atoms with van der Waals surface area (Å²) in [5, 5.41) is 8.71. The van der Waals surface area contributed by atoms with Gasteiger partial charge in [0.15, 0.2) is 0 Å². The lowest BCUT2D eigenvalue weighted by Crippen LogP contribution is -2.07. The number of allylic oxidation sites excluding steroid dienone is 1. The summed E-state index contributed by atoms with van der Waals surface area (Å²) in [5.74, 6) is -1.03. The second-order valence-corrected chi connectivity index (χ2v) is 2.32. The van der Waals surface area contributed by atoms with Gasteiger partial charge in [-0.1, -0.05) is 11.6 Å². The van der Waals surface area contributed by atoms with E-state index in [1.807, 2.05) is 0 Å². The number of rotatable bonds is 3. The largest absolute Gasteiger partial charge is 0.478 e. The van der Waals surface area contributed by atoms with Gasteiger partial charge in [-0.15, -0.1) is 0 Å². The predicted octanol–water partition coefficient (Wildman–Crippen LogP) is 1.23. The molecule has 10 heavy (non-hydrogen) atoms. The van der Waals surface area contributed by atoms with Gasteiger partial charge < -0.3 is 9.84 Å². The van der Waals surface area contributed by atoms with Gasteiger partial charge in [0.05, 0.1) is 12.2 Å². The van der Waals surface area contributed by atoms with E-state index in [0.717, 1.165) is 0 Å². The van der Waals surface area contributed by atoms with E-state index >= 15 is 0 Å². The summed E-state index contributed by atoms with van der Waals surface area (Å²) >= 11 is 5.44. The molecule has 0 aliphatic heterocycles. The number of methoxy groups -OCH3 is 1. The lowest BCUT2D eigenvalue weighted by Gasteiger charge is -1.99. The molecule has 0 aromatic heterocycles. The molecule has 1 N–H and O–H groups in total. The van der Waals surface area contributed by atoms with E-state index in [4.69, 9.17) is 16.7 Å². The number of carboxylic acids is 1. The molecule has 0 atom stereocenters. The third-order valence-electron chi connectivity index (χ3n) is 0.963. The second-order valence-electron chi connectivity index (χ2n) is 1.75. The van der Waals surface area contributed by atoms with Gasteiger partial charge in [-0.3, -0.25) is 0 Å². The van der Waals surface area contributed by atoms with Crippen molar-refractivity contribution in [3.63, 3.8) is 0 Å². The fourth-order valence-electron chi connectivity index (χ4n) is 0.453. The monoisotopic (exact) mass is 164 g/mol. The average molecular weight is 165 g/mol. The van der Waals surface area contributed by atoms with E-state index in [9.17, 15) is 4.79 Å². The van der Waals surface area contributed by atoms with Crippen LogP contribution in [0.2, 0.25) is 0 Å². The molecule has 0 unspecified atom stereocenters. The van der Waals surface area contributed by atoms with E-state index in [1.54, 1.807) is 0 Å². The van der Waals surface area contributed by atoms with Gasteiger partial charge in [0.25, 0.3) is 0 Å². The Kier molecular flexibility index (Phi) is 4.07.